The van der Waals surface area contributed by atoms with E-state index in [-0.39, 0.29) is 18.4 Å². The van der Waals surface area contributed by atoms with Gasteiger partial charge in [0.05, 0.1) is 12.7 Å². The Labute approximate surface area is 111 Å². The number of rotatable bonds is 4. The van der Waals surface area contributed by atoms with E-state index in [2.05, 4.69) is 5.32 Å². The summed E-state index contributed by atoms with van der Waals surface area (Å²) < 4.78 is 5.65. The van der Waals surface area contributed by atoms with E-state index in [1.165, 1.54) is 12.5 Å². The molecule has 0 radical (unpaired) electrons. The van der Waals surface area contributed by atoms with E-state index in [0.717, 1.165) is 12.0 Å². The van der Waals surface area contributed by atoms with Crippen molar-refractivity contribution in [3.63, 3.8) is 0 Å². The number of hydrogen-bond acceptors (Lipinski definition) is 3. The van der Waals surface area contributed by atoms with Crippen LogP contribution in [0.3, 0.4) is 0 Å². The van der Waals surface area contributed by atoms with Crippen LogP contribution in [0.4, 0.5) is 0 Å². The highest BCUT2D eigenvalue weighted by atomic mass is 16.5. The zero-order valence-electron chi connectivity index (χ0n) is 10.8. The molecule has 2 N–H and O–H groups in total. The highest BCUT2D eigenvalue weighted by Gasteiger charge is 2.28. The third-order valence-corrected chi connectivity index (χ3v) is 3.22. The number of aliphatic carboxylic acids is 1. The smallest absolute Gasteiger partial charge is 0.326 e. The average molecular weight is 263 g/mol. The molecule has 1 aromatic carbocycles. The Hall–Kier alpha value is -1.88. The van der Waals surface area contributed by atoms with Gasteiger partial charge >= 0.3 is 5.97 Å². The van der Waals surface area contributed by atoms with Crippen molar-refractivity contribution in [2.45, 2.75) is 31.9 Å². The summed E-state index contributed by atoms with van der Waals surface area (Å²) in [6.07, 6.45) is 0.800. The summed E-state index contributed by atoms with van der Waals surface area (Å²) in [6, 6.07) is 6.93. The molecular formula is C14H17NO4. The summed E-state index contributed by atoms with van der Waals surface area (Å²) in [5, 5.41) is 11.6. The lowest BCUT2D eigenvalue weighted by atomic mass is 9.93. The monoisotopic (exact) mass is 263 g/mol. The fourth-order valence-corrected chi connectivity index (χ4v) is 2.35. The third kappa shape index (κ3) is 3.32. The van der Waals surface area contributed by atoms with Crippen LogP contribution in [0, 0.1) is 0 Å². The number of amides is 1. The SMILES string of the molecule is CC(=O)NC(CC1OCCc2ccccc21)C(=O)O. The van der Waals surface area contributed by atoms with Crippen molar-refractivity contribution in [2.24, 2.45) is 0 Å². The van der Waals surface area contributed by atoms with Gasteiger partial charge in [-0.05, 0) is 17.5 Å². The first-order valence-corrected chi connectivity index (χ1v) is 6.27. The van der Waals surface area contributed by atoms with Gasteiger partial charge < -0.3 is 15.2 Å². The zero-order valence-corrected chi connectivity index (χ0v) is 10.8. The Kier molecular flexibility index (Phi) is 4.16. The lowest BCUT2D eigenvalue weighted by molar-refractivity contribution is -0.143. The molecule has 1 amide bonds. The summed E-state index contributed by atoms with van der Waals surface area (Å²) in [4.78, 5) is 22.2. The van der Waals surface area contributed by atoms with E-state index < -0.39 is 12.0 Å². The maximum atomic E-state index is 11.2. The van der Waals surface area contributed by atoms with Crippen molar-refractivity contribution < 1.29 is 19.4 Å². The molecule has 1 aliphatic heterocycles. The number of ether oxygens (including phenoxy) is 1. The van der Waals surface area contributed by atoms with Crippen LogP contribution in [-0.4, -0.2) is 29.6 Å². The van der Waals surface area contributed by atoms with Gasteiger partial charge in [-0.1, -0.05) is 24.3 Å². The Morgan fingerprint density at radius 2 is 2.21 bits per heavy atom. The van der Waals surface area contributed by atoms with E-state index in [1.807, 2.05) is 24.3 Å². The molecule has 0 spiro atoms. The van der Waals surface area contributed by atoms with Gasteiger partial charge in [0.15, 0.2) is 0 Å². The van der Waals surface area contributed by atoms with Gasteiger partial charge in [0.2, 0.25) is 5.91 Å². The highest BCUT2D eigenvalue weighted by Crippen LogP contribution is 2.30. The van der Waals surface area contributed by atoms with E-state index in [4.69, 9.17) is 9.84 Å². The molecule has 1 aromatic rings. The normalized spacial score (nSPS) is 19.3. The first-order valence-electron chi connectivity index (χ1n) is 6.27. The Balaban J connectivity index is 2.14. The van der Waals surface area contributed by atoms with Crippen molar-refractivity contribution in [2.75, 3.05) is 6.61 Å². The van der Waals surface area contributed by atoms with E-state index in [0.29, 0.717) is 6.61 Å². The molecule has 5 nitrogen and oxygen atoms in total. The zero-order chi connectivity index (χ0) is 13.8. The summed E-state index contributed by atoms with van der Waals surface area (Å²) in [7, 11) is 0. The average Bonchev–Trinajstić information content (AvgIpc) is 2.37. The largest absolute Gasteiger partial charge is 0.480 e. The molecular weight excluding hydrogens is 246 g/mol. The quantitative estimate of drug-likeness (QED) is 0.858. The number of carbonyl (C=O) groups is 2. The number of fused-ring (bicyclic) bond motifs is 1. The Bertz CT molecular complexity index is 486. The van der Waals surface area contributed by atoms with Gasteiger partial charge in [-0.25, -0.2) is 4.79 Å². The molecule has 0 fully saturated rings. The van der Waals surface area contributed by atoms with Gasteiger partial charge in [-0.15, -0.1) is 0 Å². The van der Waals surface area contributed by atoms with Crippen molar-refractivity contribution in [3.8, 4) is 0 Å². The maximum absolute atomic E-state index is 11.2. The lowest BCUT2D eigenvalue weighted by Gasteiger charge is -2.28. The predicted molar refractivity (Wildman–Crippen MR) is 68.7 cm³/mol. The van der Waals surface area contributed by atoms with Crippen molar-refractivity contribution in [1.29, 1.82) is 0 Å². The predicted octanol–water partition coefficient (Wildman–Crippen LogP) is 1.28. The van der Waals surface area contributed by atoms with Gasteiger partial charge in [0.25, 0.3) is 0 Å². The third-order valence-electron chi connectivity index (χ3n) is 3.22. The summed E-state index contributed by atoms with van der Waals surface area (Å²) in [5.74, 6) is -1.39. The van der Waals surface area contributed by atoms with E-state index in [9.17, 15) is 9.59 Å². The van der Waals surface area contributed by atoms with Gasteiger partial charge in [-0.2, -0.15) is 0 Å². The first kappa shape index (κ1) is 13.5. The van der Waals surface area contributed by atoms with Crippen LogP contribution in [0.25, 0.3) is 0 Å². The van der Waals surface area contributed by atoms with Crippen molar-refractivity contribution in [3.05, 3.63) is 35.4 Å². The van der Waals surface area contributed by atoms with Crippen LogP contribution in [0.1, 0.15) is 30.6 Å². The van der Waals surface area contributed by atoms with Crippen LogP contribution in [-0.2, 0) is 20.7 Å². The molecule has 5 heteroatoms. The molecule has 19 heavy (non-hydrogen) atoms. The van der Waals surface area contributed by atoms with Crippen LogP contribution in [0.15, 0.2) is 24.3 Å². The second-order valence-electron chi connectivity index (χ2n) is 4.64. The number of benzene rings is 1. The molecule has 2 atom stereocenters. The minimum atomic E-state index is -1.04. The molecule has 0 aromatic heterocycles. The number of carboxylic acids is 1. The summed E-state index contributed by atoms with van der Waals surface area (Å²) in [5.41, 5.74) is 2.20. The molecule has 2 rings (SSSR count). The molecule has 0 saturated carbocycles. The number of carbonyl (C=O) groups excluding carboxylic acids is 1. The Morgan fingerprint density at radius 1 is 1.47 bits per heavy atom. The molecule has 0 aliphatic carbocycles. The maximum Gasteiger partial charge on any atom is 0.326 e. The molecule has 102 valence electrons. The standard InChI is InChI=1S/C14H17NO4/c1-9(16)15-12(14(17)18)8-13-11-5-3-2-4-10(11)6-7-19-13/h2-5,12-13H,6-8H2,1H3,(H,15,16)(H,17,18). The number of carboxylic acid groups (broad SMARTS) is 1. The van der Waals surface area contributed by atoms with Crippen LogP contribution < -0.4 is 5.32 Å². The fourth-order valence-electron chi connectivity index (χ4n) is 2.35. The topological polar surface area (TPSA) is 75.6 Å². The van der Waals surface area contributed by atoms with Crippen LogP contribution in [0.2, 0.25) is 0 Å². The first-order chi connectivity index (χ1) is 9.08. The molecule has 2 unspecified atom stereocenters. The second-order valence-corrected chi connectivity index (χ2v) is 4.64. The lowest BCUT2D eigenvalue weighted by Crippen LogP contribution is -2.41. The molecule has 0 bridgehead atoms. The minimum Gasteiger partial charge on any atom is -0.480 e. The van der Waals surface area contributed by atoms with Gasteiger partial charge in [0, 0.05) is 13.3 Å². The number of nitrogens with one attached hydrogen (secondary N) is 1. The second kappa shape index (κ2) is 5.84. The number of hydrogen-bond donors (Lipinski definition) is 2. The summed E-state index contributed by atoms with van der Waals surface area (Å²) >= 11 is 0. The minimum absolute atomic E-state index is 0.242. The fraction of sp³-hybridized carbons (Fsp3) is 0.429. The Morgan fingerprint density at radius 3 is 2.89 bits per heavy atom. The highest BCUT2D eigenvalue weighted by molar-refractivity contribution is 5.82. The van der Waals surface area contributed by atoms with E-state index in [1.54, 1.807) is 0 Å². The van der Waals surface area contributed by atoms with Gasteiger partial charge in [-0.3, -0.25) is 4.79 Å². The summed E-state index contributed by atoms with van der Waals surface area (Å²) in [6.45, 7) is 1.89. The van der Waals surface area contributed by atoms with Gasteiger partial charge in [0.1, 0.15) is 6.04 Å². The van der Waals surface area contributed by atoms with E-state index >= 15 is 0 Å². The molecule has 0 saturated heterocycles. The van der Waals surface area contributed by atoms with Crippen molar-refractivity contribution >= 4 is 11.9 Å². The molecule has 1 heterocycles. The van der Waals surface area contributed by atoms with Crippen LogP contribution >= 0.6 is 0 Å². The molecule has 1 aliphatic rings. The van der Waals surface area contributed by atoms with Crippen molar-refractivity contribution in [1.82, 2.24) is 5.32 Å². The van der Waals surface area contributed by atoms with Crippen LogP contribution in [0.5, 0.6) is 0 Å².